The first kappa shape index (κ1) is 22.3. The Morgan fingerprint density at radius 2 is 1.55 bits per heavy atom. The summed E-state index contributed by atoms with van der Waals surface area (Å²) in [6.45, 7) is 0.347. The van der Waals surface area contributed by atoms with Crippen molar-refractivity contribution in [2.24, 2.45) is 0 Å². The lowest BCUT2D eigenvalue weighted by atomic mass is 10.1. The summed E-state index contributed by atoms with van der Waals surface area (Å²) < 4.78 is 45.5. The second-order valence-electron chi connectivity index (χ2n) is 7.37. The van der Waals surface area contributed by atoms with Crippen LogP contribution in [0.15, 0.2) is 89.8 Å². The molecule has 168 valence electrons. The zero-order chi connectivity index (χ0) is 23.4. The van der Waals surface area contributed by atoms with Crippen molar-refractivity contribution in [3.63, 3.8) is 0 Å². The Kier molecular flexibility index (Phi) is 6.28. The molecule has 0 fully saturated rings. The highest BCUT2D eigenvalue weighted by atomic mass is 32.2. The molecule has 0 aromatic heterocycles. The quantitative estimate of drug-likeness (QED) is 0.415. The number of carbonyl (C=O) groups excluding carboxylic acids is 1. The molecular weight excluding hydrogens is 443 g/mol. The monoisotopic (exact) mass is 464 g/mol. The molecule has 4 aromatic rings. The second-order valence-corrected chi connectivity index (χ2v) is 9.05. The number of fused-ring (bicyclic) bond motifs is 1. The van der Waals surface area contributed by atoms with Gasteiger partial charge in [-0.25, -0.2) is 12.8 Å². The van der Waals surface area contributed by atoms with Gasteiger partial charge in [0.05, 0.1) is 12.0 Å². The Hall–Kier alpha value is -3.91. The molecule has 4 aromatic carbocycles. The maximum Gasteiger partial charge on any atom is 0.261 e. The van der Waals surface area contributed by atoms with Crippen molar-refractivity contribution in [1.82, 2.24) is 5.32 Å². The normalized spacial score (nSPS) is 11.2. The van der Waals surface area contributed by atoms with E-state index in [1.54, 1.807) is 7.11 Å². The minimum atomic E-state index is -3.86. The van der Waals surface area contributed by atoms with Crippen LogP contribution in [0, 0.1) is 5.82 Å². The zero-order valence-electron chi connectivity index (χ0n) is 17.7. The average Bonchev–Trinajstić information content (AvgIpc) is 2.82. The lowest BCUT2D eigenvalue weighted by Gasteiger charge is -2.10. The predicted molar refractivity (Wildman–Crippen MR) is 125 cm³/mol. The summed E-state index contributed by atoms with van der Waals surface area (Å²) in [5, 5.41) is 4.95. The Morgan fingerprint density at radius 3 is 2.24 bits per heavy atom. The summed E-state index contributed by atoms with van der Waals surface area (Å²) in [6.07, 6.45) is 0. The van der Waals surface area contributed by atoms with Crippen molar-refractivity contribution in [3.05, 3.63) is 102 Å². The number of benzene rings is 4. The van der Waals surface area contributed by atoms with Crippen molar-refractivity contribution in [1.29, 1.82) is 0 Å². The maximum absolute atomic E-state index is 13.0. The highest BCUT2D eigenvalue weighted by Crippen LogP contribution is 2.22. The summed E-state index contributed by atoms with van der Waals surface area (Å²) >= 11 is 0. The van der Waals surface area contributed by atoms with Gasteiger partial charge in [-0.3, -0.25) is 9.52 Å². The molecule has 0 aliphatic carbocycles. The van der Waals surface area contributed by atoms with Crippen molar-refractivity contribution in [2.45, 2.75) is 11.4 Å². The number of rotatable bonds is 7. The van der Waals surface area contributed by atoms with Gasteiger partial charge in [0.25, 0.3) is 15.9 Å². The minimum Gasteiger partial charge on any atom is -0.497 e. The zero-order valence-corrected chi connectivity index (χ0v) is 18.5. The summed E-state index contributed by atoms with van der Waals surface area (Å²) in [6, 6.07) is 22.3. The van der Waals surface area contributed by atoms with Crippen LogP contribution in [0.2, 0.25) is 0 Å². The molecule has 0 saturated heterocycles. The predicted octanol–water partition coefficient (Wildman–Crippen LogP) is 4.72. The van der Waals surface area contributed by atoms with Crippen molar-refractivity contribution < 1.29 is 22.3 Å². The van der Waals surface area contributed by atoms with Gasteiger partial charge in [-0.15, -0.1) is 0 Å². The van der Waals surface area contributed by atoms with Gasteiger partial charge in [0, 0.05) is 17.8 Å². The fourth-order valence-corrected chi connectivity index (χ4v) is 4.37. The molecule has 0 saturated carbocycles. The second kappa shape index (κ2) is 9.30. The SMILES string of the molecule is COc1ccc2cc(CNC(=O)c3ccc(NS(=O)(=O)c4ccc(F)cc4)cc3)ccc2c1. The average molecular weight is 465 g/mol. The van der Waals surface area contributed by atoms with Gasteiger partial charge >= 0.3 is 0 Å². The molecule has 0 unspecified atom stereocenters. The van der Waals surface area contributed by atoms with E-state index in [0.717, 1.165) is 34.2 Å². The van der Waals surface area contributed by atoms with Crippen LogP contribution in [-0.2, 0) is 16.6 Å². The van der Waals surface area contributed by atoms with Crippen molar-refractivity contribution in [2.75, 3.05) is 11.8 Å². The molecule has 4 rings (SSSR count). The number of halogens is 1. The summed E-state index contributed by atoms with van der Waals surface area (Å²) in [5.41, 5.74) is 1.63. The molecule has 0 atom stereocenters. The van der Waals surface area contributed by atoms with Gasteiger partial charge < -0.3 is 10.1 Å². The van der Waals surface area contributed by atoms with E-state index < -0.39 is 15.8 Å². The number of anilines is 1. The third kappa shape index (κ3) is 5.30. The van der Waals surface area contributed by atoms with E-state index in [-0.39, 0.29) is 10.8 Å². The van der Waals surface area contributed by atoms with Gasteiger partial charge in [0.2, 0.25) is 0 Å². The molecule has 0 aliphatic heterocycles. The molecule has 0 heterocycles. The fraction of sp³-hybridized carbons (Fsp3) is 0.0800. The number of amides is 1. The number of nitrogens with one attached hydrogen (secondary N) is 2. The number of carbonyl (C=O) groups is 1. The standard InChI is InChI=1S/C25H21FN2O4S/c1-32-23-11-6-19-14-17(2-3-20(19)15-23)16-27-25(29)18-4-9-22(10-5-18)28-33(30,31)24-12-7-21(26)8-13-24/h2-15,28H,16H2,1H3,(H,27,29). The topological polar surface area (TPSA) is 84.5 Å². The molecule has 0 spiro atoms. The van der Waals surface area contributed by atoms with Crippen LogP contribution in [0.1, 0.15) is 15.9 Å². The van der Waals surface area contributed by atoms with Crippen LogP contribution >= 0.6 is 0 Å². The van der Waals surface area contributed by atoms with E-state index in [0.29, 0.717) is 17.8 Å². The molecule has 1 amide bonds. The summed E-state index contributed by atoms with van der Waals surface area (Å²) in [4.78, 5) is 12.5. The Labute approximate surface area is 191 Å². The molecular formula is C25H21FN2O4S. The molecule has 8 heteroatoms. The van der Waals surface area contributed by atoms with Crippen LogP contribution in [0.25, 0.3) is 10.8 Å². The van der Waals surface area contributed by atoms with Crippen LogP contribution in [0.3, 0.4) is 0 Å². The lowest BCUT2D eigenvalue weighted by molar-refractivity contribution is 0.0951. The van der Waals surface area contributed by atoms with E-state index >= 15 is 0 Å². The Morgan fingerprint density at radius 1 is 0.879 bits per heavy atom. The molecule has 6 nitrogen and oxygen atoms in total. The molecule has 2 N–H and O–H groups in total. The number of hydrogen-bond acceptors (Lipinski definition) is 4. The number of ether oxygens (including phenoxy) is 1. The van der Waals surface area contributed by atoms with Gasteiger partial charge in [-0.1, -0.05) is 18.2 Å². The van der Waals surface area contributed by atoms with E-state index in [9.17, 15) is 17.6 Å². The molecule has 0 radical (unpaired) electrons. The molecule has 0 bridgehead atoms. The van der Waals surface area contributed by atoms with Crippen LogP contribution in [-0.4, -0.2) is 21.4 Å². The highest BCUT2D eigenvalue weighted by molar-refractivity contribution is 7.92. The third-order valence-corrected chi connectivity index (χ3v) is 6.49. The Bertz CT molecular complexity index is 1400. The van der Waals surface area contributed by atoms with Crippen molar-refractivity contribution in [3.8, 4) is 5.75 Å². The molecule has 0 aliphatic rings. The fourth-order valence-electron chi connectivity index (χ4n) is 3.31. The first-order valence-corrected chi connectivity index (χ1v) is 11.6. The van der Waals surface area contributed by atoms with Gasteiger partial charge in [-0.2, -0.15) is 0 Å². The highest BCUT2D eigenvalue weighted by Gasteiger charge is 2.14. The van der Waals surface area contributed by atoms with Crippen LogP contribution in [0.4, 0.5) is 10.1 Å². The summed E-state index contributed by atoms with van der Waals surface area (Å²) in [5.74, 6) is -0.0158. The Balaban J connectivity index is 1.39. The number of methoxy groups -OCH3 is 1. The minimum absolute atomic E-state index is 0.0560. The van der Waals surface area contributed by atoms with E-state index in [1.807, 2.05) is 36.4 Å². The van der Waals surface area contributed by atoms with Gasteiger partial charge in [-0.05, 0) is 83.1 Å². The van der Waals surface area contributed by atoms with Crippen LogP contribution in [0.5, 0.6) is 5.75 Å². The van der Waals surface area contributed by atoms with Gasteiger partial charge in [0.15, 0.2) is 0 Å². The first-order chi connectivity index (χ1) is 15.8. The lowest BCUT2D eigenvalue weighted by Crippen LogP contribution is -2.22. The number of hydrogen-bond donors (Lipinski definition) is 2. The smallest absolute Gasteiger partial charge is 0.261 e. The maximum atomic E-state index is 13.0. The third-order valence-electron chi connectivity index (χ3n) is 5.09. The van der Waals surface area contributed by atoms with Gasteiger partial charge in [0.1, 0.15) is 11.6 Å². The van der Waals surface area contributed by atoms with E-state index in [4.69, 9.17) is 4.74 Å². The first-order valence-electron chi connectivity index (χ1n) is 10.1. The molecule has 33 heavy (non-hydrogen) atoms. The largest absolute Gasteiger partial charge is 0.497 e. The van der Waals surface area contributed by atoms with Crippen molar-refractivity contribution >= 4 is 32.4 Å². The number of sulfonamides is 1. The van der Waals surface area contributed by atoms with Crippen LogP contribution < -0.4 is 14.8 Å². The van der Waals surface area contributed by atoms with E-state index in [2.05, 4.69) is 10.0 Å². The van der Waals surface area contributed by atoms with E-state index in [1.165, 1.54) is 36.4 Å². The summed E-state index contributed by atoms with van der Waals surface area (Å²) in [7, 11) is -2.23.